The topological polar surface area (TPSA) is 77.0 Å². The largest absolute Gasteiger partial charge is 0.459 e. The Morgan fingerprint density at radius 2 is 2.10 bits per heavy atom. The molecule has 1 rings (SSSR count). The highest BCUT2D eigenvalue weighted by molar-refractivity contribution is 6.31. The van der Waals surface area contributed by atoms with Crippen molar-refractivity contribution >= 4 is 29.4 Å². The zero-order valence-electron chi connectivity index (χ0n) is 11.4. The Morgan fingerprint density at radius 1 is 1.40 bits per heavy atom. The zero-order valence-corrected chi connectivity index (χ0v) is 12.2. The molecule has 0 saturated carbocycles. The van der Waals surface area contributed by atoms with Crippen LogP contribution in [-0.4, -0.2) is 31.5 Å². The summed E-state index contributed by atoms with van der Waals surface area (Å²) in [7, 11) is 1.23. The first-order valence-electron chi connectivity index (χ1n) is 5.74. The average Bonchev–Trinajstić information content (AvgIpc) is 2.41. The molecule has 0 unspecified atom stereocenters. The number of carbonyl (C=O) groups is 2. The van der Waals surface area contributed by atoms with Crippen molar-refractivity contribution in [2.45, 2.75) is 13.8 Å². The molecule has 6 nitrogen and oxygen atoms in total. The van der Waals surface area contributed by atoms with Gasteiger partial charge in [-0.3, -0.25) is 4.79 Å². The number of hydrogen-bond acceptors (Lipinski definition) is 5. The summed E-state index contributed by atoms with van der Waals surface area (Å²) in [6.07, 6.45) is -0.712. The molecule has 0 bridgehead atoms. The first kappa shape index (κ1) is 16.0. The maximum atomic E-state index is 11.0. The lowest BCUT2D eigenvalue weighted by Gasteiger charge is -2.09. The van der Waals surface area contributed by atoms with Crippen LogP contribution >= 0.6 is 11.6 Å². The number of ether oxygens (including phenoxy) is 2. The number of methoxy groups -OCH3 is 1. The van der Waals surface area contributed by atoms with Crippen LogP contribution in [0.15, 0.2) is 23.3 Å². The fourth-order valence-electron chi connectivity index (χ4n) is 1.33. The van der Waals surface area contributed by atoms with Gasteiger partial charge in [0.2, 0.25) is 0 Å². The Bertz CT molecular complexity index is 543. The first-order chi connectivity index (χ1) is 9.43. The SMILES string of the molecule is COC(=O)N/N=C(\COC(C)=O)c1ccc(Cl)c(C)c1. The summed E-state index contributed by atoms with van der Waals surface area (Å²) >= 11 is 5.95. The van der Waals surface area contributed by atoms with Crippen LogP contribution in [0.4, 0.5) is 4.79 Å². The van der Waals surface area contributed by atoms with Gasteiger partial charge in [-0.05, 0) is 24.6 Å². The van der Waals surface area contributed by atoms with Crippen LogP contribution in [0.5, 0.6) is 0 Å². The number of hydrazone groups is 1. The predicted molar refractivity (Wildman–Crippen MR) is 74.9 cm³/mol. The van der Waals surface area contributed by atoms with E-state index in [0.717, 1.165) is 5.56 Å². The Balaban J connectivity index is 2.98. The van der Waals surface area contributed by atoms with Gasteiger partial charge in [-0.15, -0.1) is 0 Å². The molecule has 108 valence electrons. The van der Waals surface area contributed by atoms with E-state index >= 15 is 0 Å². The third-order valence-electron chi connectivity index (χ3n) is 2.37. The number of halogens is 1. The van der Waals surface area contributed by atoms with E-state index in [1.54, 1.807) is 18.2 Å². The fourth-order valence-corrected chi connectivity index (χ4v) is 1.45. The second-order valence-corrected chi connectivity index (χ2v) is 4.31. The molecule has 0 saturated heterocycles. The lowest BCUT2D eigenvalue weighted by Crippen LogP contribution is -2.22. The monoisotopic (exact) mass is 298 g/mol. The normalized spacial score (nSPS) is 10.9. The molecule has 0 aliphatic carbocycles. The van der Waals surface area contributed by atoms with Crippen molar-refractivity contribution in [2.24, 2.45) is 5.10 Å². The van der Waals surface area contributed by atoms with Crippen molar-refractivity contribution in [3.05, 3.63) is 34.3 Å². The van der Waals surface area contributed by atoms with Crippen LogP contribution in [-0.2, 0) is 14.3 Å². The van der Waals surface area contributed by atoms with E-state index < -0.39 is 12.1 Å². The summed E-state index contributed by atoms with van der Waals surface area (Å²) in [6.45, 7) is 3.06. The highest BCUT2D eigenvalue weighted by atomic mass is 35.5. The number of rotatable bonds is 4. The van der Waals surface area contributed by atoms with Crippen LogP contribution in [0.3, 0.4) is 0 Å². The number of aryl methyl sites for hydroxylation is 1. The first-order valence-corrected chi connectivity index (χ1v) is 6.12. The molecule has 0 heterocycles. The van der Waals surface area contributed by atoms with Crippen molar-refractivity contribution in [3.63, 3.8) is 0 Å². The number of carbonyl (C=O) groups excluding carboxylic acids is 2. The molecule has 0 aliphatic rings. The van der Waals surface area contributed by atoms with E-state index in [4.69, 9.17) is 16.3 Å². The molecule has 1 N–H and O–H groups in total. The van der Waals surface area contributed by atoms with Crippen molar-refractivity contribution < 1.29 is 19.1 Å². The Morgan fingerprint density at radius 3 is 2.65 bits per heavy atom. The summed E-state index contributed by atoms with van der Waals surface area (Å²) < 4.78 is 9.32. The summed E-state index contributed by atoms with van der Waals surface area (Å²) in [5.74, 6) is -0.443. The Labute approximate surface area is 121 Å². The Kier molecular flexibility index (Phi) is 5.99. The van der Waals surface area contributed by atoms with Gasteiger partial charge in [0.25, 0.3) is 0 Å². The molecule has 0 aromatic heterocycles. The van der Waals surface area contributed by atoms with Gasteiger partial charge in [-0.1, -0.05) is 17.7 Å². The van der Waals surface area contributed by atoms with E-state index in [0.29, 0.717) is 16.3 Å². The molecular formula is C13H15ClN2O4. The standard InChI is InChI=1S/C13H15ClN2O4/c1-8-6-10(4-5-11(8)14)12(7-20-9(2)17)15-16-13(18)19-3/h4-6H,7H2,1-3H3,(H,16,18)/b15-12+. The summed E-state index contributed by atoms with van der Waals surface area (Å²) in [6, 6.07) is 5.20. The van der Waals surface area contributed by atoms with Crippen molar-refractivity contribution in [3.8, 4) is 0 Å². The lowest BCUT2D eigenvalue weighted by molar-refractivity contribution is -0.139. The molecule has 0 radical (unpaired) electrons. The summed E-state index contributed by atoms with van der Waals surface area (Å²) in [4.78, 5) is 21.9. The summed E-state index contributed by atoms with van der Waals surface area (Å²) in [5.41, 5.74) is 4.10. The molecule has 20 heavy (non-hydrogen) atoms. The Hall–Kier alpha value is -2.08. The number of nitrogens with one attached hydrogen (secondary N) is 1. The molecule has 7 heteroatoms. The highest BCUT2D eigenvalue weighted by Gasteiger charge is 2.09. The minimum atomic E-state index is -0.712. The molecule has 1 aromatic rings. The zero-order chi connectivity index (χ0) is 15.1. The molecule has 1 aromatic carbocycles. The van der Waals surface area contributed by atoms with Crippen molar-refractivity contribution in [2.75, 3.05) is 13.7 Å². The molecule has 1 amide bonds. The number of benzene rings is 1. The van der Waals surface area contributed by atoms with Gasteiger partial charge in [0.05, 0.1) is 7.11 Å². The van der Waals surface area contributed by atoms with Gasteiger partial charge in [-0.2, -0.15) is 5.10 Å². The van der Waals surface area contributed by atoms with Crippen LogP contribution in [0, 0.1) is 6.92 Å². The van der Waals surface area contributed by atoms with Crippen LogP contribution in [0.2, 0.25) is 5.02 Å². The average molecular weight is 299 g/mol. The van der Waals surface area contributed by atoms with E-state index in [-0.39, 0.29) is 6.61 Å². The maximum absolute atomic E-state index is 11.0. The quantitative estimate of drug-likeness (QED) is 0.525. The number of esters is 1. The van der Waals surface area contributed by atoms with Crippen LogP contribution < -0.4 is 5.43 Å². The van der Waals surface area contributed by atoms with Crippen molar-refractivity contribution in [1.29, 1.82) is 0 Å². The lowest BCUT2D eigenvalue weighted by atomic mass is 10.1. The maximum Gasteiger partial charge on any atom is 0.427 e. The molecule has 0 atom stereocenters. The van der Waals surface area contributed by atoms with E-state index in [9.17, 15) is 9.59 Å². The number of amides is 1. The number of nitrogens with zero attached hydrogens (tertiary/aromatic N) is 1. The van der Waals surface area contributed by atoms with E-state index in [1.807, 2.05) is 6.92 Å². The third-order valence-corrected chi connectivity index (χ3v) is 2.79. The van der Waals surface area contributed by atoms with Gasteiger partial charge in [0.15, 0.2) is 0 Å². The second kappa shape index (κ2) is 7.49. The molecule has 0 spiro atoms. The van der Waals surface area contributed by atoms with Gasteiger partial charge in [0, 0.05) is 17.5 Å². The molecule has 0 fully saturated rings. The smallest absolute Gasteiger partial charge is 0.427 e. The summed E-state index contributed by atoms with van der Waals surface area (Å²) in [5, 5.41) is 4.49. The van der Waals surface area contributed by atoms with Crippen LogP contribution in [0.25, 0.3) is 0 Å². The van der Waals surface area contributed by atoms with Gasteiger partial charge >= 0.3 is 12.1 Å². The van der Waals surface area contributed by atoms with Gasteiger partial charge < -0.3 is 9.47 Å². The molecular weight excluding hydrogens is 284 g/mol. The third kappa shape index (κ3) is 4.89. The minimum Gasteiger partial charge on any atom is -0.459 e. The van der Waals surface area contributed by atoms with E-state index in [2.05, 4.69) is 15.3 Å². The van der Waals surface area contributed by atoms with Gasteiger partial charge in [-0.25, -0.2) is 10.2 Å². The minimum absolute atomic E-state index is 0.0690. The second-order valence-electron chi connectivity index (χ2n) is 3.91. The van der Waals surface area contributed by atoms with Gasteiger partial charge in [0.1, 0.15) is 12.3 Å². The fraction of sp³-hybridized carbons (Fsp3) is 0.308. The van der Waals surface area contributed by atoms with E-state index in [1.165, 1.54) is 14.0 Å². The highest BCUT2D eigenvalue weighted by Crippen LogP contribution is 2.17. The van der Waals surface area contributed by atoms with Crippen molar-refractivity contribution in [1.82, 2.24) is 5.43 Å². The molecule has 0 aliphatic heterocycles. The predicted octanol–water partition coefficient (Wildman–Crippen LogP) is 2.27. The van der Waals surface area contributed by atoms with Crippen LogP contribution in [0.1, 0.15) is 18.1 Å². The number of hydrogen-bond donors (Lipinski definition) is 1.